The number of hydrogen-bond donors (Lipinski definition) is 1. The molecule has 4 nitrogen and oxygen atoms in total. The van der Waals surface area contributed by atoms with E-state index >= 15 is 4.39 Å². The van der Waals surface area contributed by atoms with E-state index in [4.69, 9.17) is 0 Å². The van der Waals surface area contributed by atoms with Gasteiger partial charge in [0, 0.05) is 42.5 Å². The number of aliphatic hydroxyl groups is 1. The highest BCUT2D eigenvalue weighted by Gasteiger charge is 2.37. The SMILES string of the molecule is Cc1cc(F)c2c(c1)c1c(n2C[C@@](C)(O)c2ccncc2)CCN2CCC[C@H]12. The van der Waals surface area contributed by atoms with Gasteiger partial charge in [0.05, 0.1) is 12.1 Å². The highest BCUT2D eigenvalue weighted by Crippen LogP contribution is 2.44. The molecule has 1 N–H and O–H groups in total. The van der Waals surface area contributed by atoms with Crippen LogP contribution < -0.4 is 0 Å². The summed E-state index contributed by atoms with van der Waals surface area (Å²) in [5, 5.41) is 12.3. The number of benzene rings is 1. The fraction of sp³-hybridized carbons (Fsp3) is 0.435. The minimum Gasteiger partial charge on any atom is -0.384 e. The van der Waals surface area contributed by atoms with Gasteiger partial charge in [-0.05, 0) is 74.2 Å². The lowest BCUT2D eigenvalue weighted by Crippen LogP contribution is -2.33. The van der Waals surface area contributed by atoms with Crippen molar-refractivity contribution in [2.45, 2.75) is 51.3 Å². The quantitative estimate of drug-likeness (QED) is 0.745. The molecule has 2 aromatic heterocycles. The number of aryl methyl sites for hydroxylation is 1. The van der Waals surface area contributed by atoms with Crippen LogP contribution in [0.15, 0.2) is 36.7 Å². The smallest absolute Gasteiger partial charge is 0.147 e. The molecule has 4 heterocycles. The first-order valence-electron chi connectivity index (χ1n) is 10.1. The lowest BCUT2D eigenvalue weighted by Gasteiger charge is -2.32. The molecule has 1 aromatic carbocycles. The summed E-state index contributed by atoms with van der Waals surface area (Å²) in [4.78, 5) is 6.59. The molecular weight excluding hydrogens is 353 g/mol. The van der Waals surface area contributed by atoms with Crippen LogP contribution in [-0.4, -0.2) is 32.6 Å². The predicted octanol–water partition coefficient (Wildman–Crippen LogP) is 4.08. The number of halogens is 1. The zero-order valence-corrected chi connectivity index (χ0v) is 16.5. The molecule has 1 fully saturated rings. The first-order valence-corrected chi connectivity index (χ1v) is 10.1. The van der Waals surface area contributed by atoms with E-state index < -0.39 is 5.60 Å². The molecule has 0 spiro atoms. The zero-order valence-electron chi connectivity index (χ0n) is 16.5. The van der Waals surface area contributed by atoms with E-state index in [1.165, 1.54) is 17.7 Å². The maximum absolute atomic E-state index is 15.2. The third-order valence-electron chi connectivity index (χ3n) is 6.51. The molecule has 5 heteroatoms. The first kappa shape index (κ1) is 17.8. The van der Waals surface area contributed by atoms with Crippen molar-refractivity contribution in [1.82, 2.24) is 14.5 Å². The Morgan fingerprint density at radius 1 is 1.25 bits per heavy atom. The zero-order chi connectivity index (χ0) is 19.5. The predicted molar refractivity (Wildman–Crippen MR) is 108 cm³/mol. The van der Waals surface area contributed by atoms with Crippen molar-refractivity contribution < 1.29 is 9.50 Å². The molecule has 2 aliphatic rings. The monoisotopic (exact) mass is 379 g/mol. The first-order chi connectivity index (χ1) is 13.5. The number of nitrogens with zero attached hydrogens (tertiary/aromatic N) is 3. The minimum absolute atomic E-state index is 0.195. The van der Waals surface area contributed by atoms with Crippen LogP contribution in [0.25, 0.3) is 10.9 Å². The van der Waals surface area contributed by atoms with Crippen LogP contribution in [0, 0.1) is 12.7 Å². The maximum Gasteiger partial charge on any atom is 0.147 e. The van der Waals surface area contributed by atoms with E-state index in [0.29, 0.717) is 18.1 Å². The Bertz CT molecular complexity index is 1040. The molecule has 2 aliphatic heterocycles. The Kier molecular flexibility index (Phi) is 4.07. The van der Waals surface area contributed by atoms with Crippen LogP contribution in [0.4, 0.5) is 4.39 Å². The molecular formula is C23H26FN3O. The molecule has 2 atom stereocenters. The maximum atomic E-state index is 15.2. The summed E-state index contributed by atoms with van der Waals surface area (Å²) in [6.07, 6.45) is 6.59. The van der Waals surface area contributed by atoms with Crippen molar-refractivity contribution in [3.63, 3.8) is 0 Å². The van der Waals surface area contributed by atoms with E-state index in [0.717, 1.165) is 42.4 Å². The van der Waals surface area contributed by atoms with E-state index in [9.17, 15) is 5.11 Å². The van der Waals surface area contributed by atoms with E-state index in [-0.39, 0.29) is 5.82 Å². The van der Waals surface area contributed by atoms with Gasteiger partial charge >= 0.3 is 0 Å². The fourth-order valence-electron chi connectivity index (χ4n) is 5.25. The number of aromatic nitrogens is 2. The molecule has 3 aromatic rings. The summed E-state index contributed by atoms with van der Waals surface area (Å²) in [5.74, 6) is -0.195. The standard InChI is InChI=1S/C23H26FN3O/c1-15-12-17-21-19-4-3-10-26(19)11-7-20(21)27(22(17)18(24)13-15)14-23(2,28)16-5-8-25-9-6-16/h5-6,8-9,12-13,19,28H,3-4,7,10-11,14H2,1-2H3/t19-,23-/m1/s1. The molecule has 0 saturated carbocycles. The Morgan fingerprint density at radius 2 is 2.04 bits per heavy atom. The molecule has 0 amide bonds. The molecule has 0 radical (unpaired) electrons. The molecule has 1 saturated heterocycles. The number of hydrogen-bond acceptors (Lipinski definition) is 3. The van der Waals surface area contributed by atoms with E-state index in [2.05, 4.69) is 20.5 Å². The Balaban J connectivity index is 1.71. The van der Waals surface area contributed by atoms with Crippen molar-refractivity contribution in [2.24, 2.45) is 0 Å². The van der Waals surface area contributed by atoms with Gasteiger partial charge in [-0.2, -0.15) is 0 Å². The minimum atomic E-state index is -1.10. The lowest BCUT2D eigenvalue weighted by atomic mass is 9.94. The van der Waals surface area contributed by atoms with Gasteiger partial charge in [0.15, 0.2) is 0 Å². The van der Waals surface area contributed by atoms with E-state index in [1.807, 2.05) is 19.1 Å². The molecule has 146 valence electrons. The molecule has 0 aliphatic carbocycles. The van der Waals surface area contributed by atoms with Crippen molar-refractivity contribution in [2.75, 3.05) is 13.1 Å². The van der Waals surface area contributed by atoms with Crippen LogP contribution in [0.3, 0.4) is 0 Å². The molecule has 0 unspecified atom stereocenters. The van der Waals surface area contributed by atoms with Gasteiger partial charge in [0.2, 0.25) is 0 Å². The van der Waals surface area contributed by atoms with Crippen molar-refractivity contribution in [3.05, 3.63) is 64.9 Å². The number of pyridine rings is 1. The largest absolute Gasteiger partial charge is 0.384 e. The van der Waals surface area contributed by atoms with Crippen LogP contribution >= 0.6 is 0 Å². The summed E-state index contributed by atoms with van der Waals surface area (Å²) in [6, 6.07) is 7.77. The van der Waals surface area contributed by atoms with Crippen LogP contribution in [0.1, 0.15) is 48.2 Å². The summed E-state index contributed by atoms with van der Waals surface area (Å²) in [6.45, 7) is 6.22. The molecule has 28 heavy (non-hydrogen) atoms. The summed E-state index contributed by atoms with van der Waals surface area (Å²) < 4.78 is 17.2. The third kappa shape index (κ3) is 2.68. The average Bonchev–Trinajstić information content (AvgIpc) is 3.25. The van der Waals surface area contributed by atoms with Gasteiger partial charge in [0.1, 0.15) is 11.4 Å². The lowest BCUT2D eigenvalue weighted by molar-refractivity contribution is 0.0381. The Morgan fingerprint density at radius 3 is 2.82 bits per heavy atom. The van der Waals surface area contributed by atoms with Crippen molar-refractivity contribution in [1.29, 1.82) is 0 Å². The topological polar surface area (TPSA) is 41.3 Å². The normalized spacial score (nSPS) is 21.5. The van der Waals surface area contributed by atoms with E-state index in [1.54, 1.807) is 25.4 Å². The molecule has 0 bridgehead atoms. The molecule has 5 rings (SSSR count). The van der Waals surface area contributed by atoms with Gasteiger partial charge in [-0.3, -0.25) is 9.88 Å². The Labute approximate surface area is 164 Å². The van der Waals surface area contributed by atoms with Crippen molar-refractivity contribution >= 4 is 10.9 Å². The van der Waals surface area contributed by atoms with Crippen LogP contribution in [-0.2, 0) is 18.6 Å². The van der Waals surface area contributed by atoms with Crippen molar-refractivity contribution in [3.8, 4) is 0 Å². The number of rotatable bonds is 3. The van der Waals surface area contributed by atoms with Gasteiger partial charge in [-0.15, -0.1) is 0 Å². The second kappa shape index (κ2) is 6.39. The second-order valence-corrected chi connectivity index (χ2v) is 8.54. The summed E-state index contributed by atoms with van der Waals surface area (Å²) in [5.41, 5.74) is 3.75. The van der Waals surface area contributed by atoms with Gasteiger partial charge < -0.3 is 9.67 Å². The van der Waals surface area contributed by atoms with Crippen LogP contribution in [0.2, 0.25) is 0 Å². The van der Waals surface area contributed by atoms with Gasteiger partial charge in [0.25, 0.3) is 0 Å². The van der Waals surface area contributed by atoms with Gasteiger partial charge in [-0.25, -0.2) is 4.39 Å². The second-order valence-electron chi connectivity index (χ2n) is 8.54. The number of fused-ring (bicyclic) bond motifs is 5. The average molecular weight is 379 g/mol. The fourth-order valence-corrected chi connectivity index (χ4v) is 5.25. The van der Waals surface area contributed by atoms with Gasteiger partial charge in [-0.1, -0.05) is 0 Å². The summed E-state index contributed by atoms with van der Waals surface area (Å²) in [7, 11) is 0. The highest BCUT2D eigenvalue weighted by atomic mass is 19.1. The van der Waals surface area contributed by atoms with Crippen LogP contribution in [0.5, 0.6) is 0 Å². The third-order valence-corrected chi connectivity index (χ3v) is 6.51. The highest BCUT2D eigenvalue weighted by molar-refractivity contribution is 5.87. The summed E-state index contributed by atoms with van der Waals surface area (Å²) >= 11 is 0. The Hall–Kier alpha value is -2.24.